The second-order valence-corrected chi connectivity index (χ2v) is 2.49. The predicted octanol–water partition coefficient (Wildman–Crippen LogP) is 1.21. The number of carbonyl (C=O) groups excluding carboxylic acids is 1. The van der Waals surface area contributed by atoms with Gasteiger partial charge in [-0.05, 0) is 18.2 Å². The Morgan fingerprint density at radius 3 is 2.92 bits per heavy atom. The molecule has 13 heavy (non-hydrogen) atoms. The number of ether oxygens (including phenoxy) is 2. The first-order valence-electron chi connectivity index (χ1n) is 3.87. The number of carbonyl (C=O) groups is 1. The number of benzene rings is 1. The molecule has 0 aliphatic rings. The van der Waals surface area contributed by atoms with Crippen LogP contribution in [0.4, 0.5) is 0 Å². The van der Waals surface area contributed by atoms with Gasteiger partial charge in [0.1, 0.15) is 5.75 Å². The van der Waals surface area contributed by atoms with E-state index in [0.717, 1.165) is 5.56 Å². The van der Waals surface area contributed by atoms with Gasteiger partial charge >= 0.3 is 5.97 Å². The Balaban J connectivity index is 2.81. The molecule has 0 amide bonds. The number of hydrogen-bond acceptors (Lipinski definition) is 3. The highest BCUT2D eigenvalue weighted by Crippen LogP contribution is 2.17. The van der Waals surface area contributed by atoms with Crippen molar-refractivity contribution >= 4 is 5.97 Å². The van der Waals surface area contributed by atoms with Gasteiger partial charge in [-0.2, -0.15) is 0 Å². The second-order valence-electron chi connectivity index (χ2n) is 2.49. The number of rotatable bonds is 3. The van der Waals surface area contributed by atoms with Crippen LogP contribution in [0.15, 0.2) is 18.2 Å². The average molecular weight is 179 g/mol. The van der Waals surface area contributed by atoms with E-state index < -0.39 is 0 Å². The first kappa shape index (κ1) is 9.58. The zero-order valence-corrected chi connectivity index (χ0v) is 7.66. The van der Waals surface area contributed by atoms with Crippen molar-refractivity contribution < 1.29 is 14.3 Å². The molecule has 0 unspecified atom stereocenters. The molecule has 3 nitrogen and oxygen atoms in total. The van der Waals surface area contributed by atoms with Crippen molar-refractivity contribution in [3.8, 4) is 5.75 Å². The minimum atomic E-state index is -0.280. The van der Waals surface area contributed by atoms with Crippen molar-refractivity contribution in [2.45, 2.75) is 6.42 Å². The van der Waals surface area contributed by atoms with Crippen molar-refractivity contribution in [1.82, 2.24) is 0 Å². The molecule has 0 saturated carbocycles. The molecule has 0 spiro atoms. The molecule has 0 aliphatic carbocycles. The van der Waals surface area contributed by atoms with Crippen LogP contribution < -0.4 is 4.74 Å². The summed E-state index contributed by atoms with van der Waals surface area (Å²) in [7, 11) is 2.93. The monoisotopic (exact) mass is 179 g/mol. The van der Waals surface area contributed by atoms with Gasteiger partial charge in [-0.3, -0.25) is 4.79 Å². The zero-order chi connectivity index (χ0) is 9.68. The van der Waals surface area contributed by atoms with Gasteiger partial charge in [0.15, 0.2) is 0 Å². The maximum Gasteiger partial charge on any atom is 0.310 e. The highest BCUT2D eigenvalue weighted by molar-refractivity contribution is 5.73. The minimum Gasteiger partial charge on any atom is -0.496 e. The molecule has 3 heteroatoms. The van der Waals surface area contributed by atoms with E-state index in [4.69, 9.17) is 4.74 Å². The van der Waals surface area contributed by atoms with Gasteiger partial charge in [-0.1, -0.05) is 6.07 Å². The molecule has 0 N–H and O–H groups in total. The first-order valence-corrected chi connectivity index (χ1v) is 3.87. The van der Waals surface area contributed by atoms with Crippen LogP contribution in [0.5, 0.6) is 5.75 Å². The van der Waals surface area contributed by atoms with Gasteiger partial charge in [0.2, 0.25) is 0 Å². The molecule has 0 aromatic heterocycles. The number of methoxy groups -OCH3 is 2. The fourth-order valence-corrected chi connectivity index (χ4v) is 1.02. The number of esters is 1. The standard InChI is InChI=1S/C10H11O3/c1-12-9-6-4-3-5-8(9)7-10(11)13-2/h4-6H,7H2,1-2H3. The summed E-state index contributed by atoms with van der Waals surface area (Å²) in [4.78, 5) is 11.0. The van der Waals surface area contributed by atoms with E-state index in [1.807, 2.05) is 0 Å². The summed E-state index contributed by atoms with van der Waals surface area (Å²) in [6, 6.07) is 8.09. The maximum absolute atomic E-state index is 11.0. The van der Waals surface area contributed by atoms with Crippen LogP contribution in [0, 0.1) is 6.07 Å². The molecule has 0 bridgehead atoms. The molecular formula is C10H11O3. The highest BCUT2D eigenvalue weighted by atomic mass is 16.5. The third-order valence-electron chi connectivity index (χ3n) is 1.69. The van der Waals surface area contributed by atoms with Gasteiger partial charge in [-0.15, -0.1) is 0 Å². The van der Waals surface area contributed by atoms with Gasteiger partial charge in [0.25, 0.3) is 0 Å². The summed E-state index contributed by atoms with van der Waals surface area (Å²) in [6.07, 6.45) is 0.219. The quantitative estimate of drug-likeness (QED) is 0.654. The van der Waals surface area contributed by atoms with Gasteiger partial charge < -0.3 is 9.47 Å². The van der Waals surface area contributed by atoms with Gasteiger partial charge in [-0.25, -0.2) is 0 Å². The highest BCUT2D eigenvalue weighted by Gasteiger charge is 2.07. The largest absolute Gasteiger partial charge is 0.496 e. The van der Waals surface area contributed by atoms with E-state index in [-0.39, 0.29) is 12.4 Å². The topological polar surface area (TPSA) is 35.5 Å². The van der Waals surface area contributed by atoms with E-state index in [1.165, 1.54) is 7.11 Å². The van der Waals surface area contributed by atoms with Crippen molar-refractivity contribution in [1.29, 1.82) is 0 Å². The summed E-state index contributed by atoms with van der Waals surface area (Å²) < 4.78 is 9.61. The zero-order valence-electron chi connectivity index (χ0n) is 7.66. The predicted molar refractivity (Wildman–Crippen MR) is 47.6 cm³/mol. The Hall–Kier alpha value is -1.51. The summed E-state index contributed by atoms with van der Waals surface area (Å²) in [6.45, 7) is 0. The van der Waals surface area contributed by atoms with Gasteiger partial charge in [0, 0.05) is 5.56 Å². The fraction of sp³-hybridized carbons (Fsp3) is 0.300. The molecule has 0 aliphatic heterocycles. The fourth-order valence-electron chi connectivity index (χ4n) is 1.02. The molecular weight excluding hydrogens is 168 g/mol. The lowest BCUT2D eigenvalue weighted by Gasteiger charge is -2.05. The van der Waals surface area contributed by atoms with Crippen LogP contribution in [0.2, 0.25) is 0 Å². The van der Waals surface area contributed by atoms with Crippen LogP contribution in [0.25, 0.3) is 0 Å². The molecule has 0 heterocycles. The summed E-state index contributed by atoms with van der Waals surface area (Å²) in [5, 5.41) is 0. The van der Waals surface area contributed by atoms with E-state index >= 15 is 0 Å². The first-order chi connectivity index (χ1) is 6.27. The van der Waals surface area contributed by atoms with E-state index in [1.54, 1.807) is 25.3 Å². The van der Waals surface area contributed by atoms with Crippen molar-refractivity contribution in [2.24, 2.45) is 0 Å². The lowest BCUT2D eigenvalue weighted by atomic mass is 10.1. The molecule has 0 saturated heterocycles. The second kappa shape index (κ2) is 4.50. The maximum atomic E-state index is 11.0. The van der Waals surface area contributed by atoms with Crippen LogP contribution in [-0.4, -0.2) is 20.2 Å². The Labute approximate surface area is 77.3 Å². The Kier molecular flexibility index (Phi) is 3.31. The van der Waals surface area contributed by atoms with E-state index in [2.05, 4.69) is 10.8 Å². The van der Waals surface area contributed by atoms with Crippen molar-refractivity contribution in [2.75, 3.05) is 14.2 Å². The molecule has 1 aromatic carbocycles. The lowest BCUT2D eigenvalue weighted by Crippen LogP contribution is -2.05. The van der Waals surface area contributed by atoms with Crippen LogP contribution in [0.1, 0.15) is 5.56 Å². The molecule has 69 valence electrons. The molecule has 1 radical (unpaired) electrons. The number of hydrogen-bond donors (Lipinski definition) is 0. The van der Waals surface area contributed by atoms with Crippen LogP contribution in [-0.2, 0) is 16.0 Å². The molecule has 0 atom stereocenters. The smallest absolute Gasteiger partial charge is 0.310 e. The Bertz CT molecular complexity index is 294. The van der Waals surface area contributed by atoms with E-state index in [0.29, 0.717) is 5.75 Å². The summed E-state index contributed by atoms with van der Waals surface area (Å²) in [5.41, 5.74) is 0.789. The molecule has 1 rings (SSSR count). The summed E-state index contributed by atoms with van der Waals surface area (Å²) >= 11 is 0. The van der Waals surface area contributed by atoms with E-state index in [9.17, 15) is 4.79 Å². The minimum absolute atomic E-state index is 0.219. The normalized spacial score (nSPS) is 9.38. The lowest BCUT2D eigenvalue weighted by molar-refractivity contribution is -0.139. The van der Waals surface area contributed by atoms with Gasteiger partial charge in [0.05, 0.1) is 20.6 Å². The van der Waals surface area contributed by atoms with Crippen molar-refractivity contribution in [3.63, 3.8) is 0 Å². The van der Waals surface area contributed by atoms with Crippen molar-refractivity contribution in [3.05, 3.63) is 29.8 Å². The Morgan fingerprint density at radius 2 is 2.31 bits per heavy atom. The summed E-state index contributed by atoms with van der Waals surface area (Å²) in [5.74, 6) is 0.405. The third kappa shape index (κ3) is 2.47. The molecule has 1 aromatic rings. The van der Waals surface area contributed by atoms with Crippen LogP contribution >= 0.6 is 0 Å². The Morgan fingerprint density at radius 1 is 1.54 bits per heavy atom. The average Bonchev–Trinajstić information content (AvgIpc) is 2.18. The molecule has 0 fully saturated rings. The van der Waals surface area contributed by atoms with Crippen LogP contribution in [0.3, 0.4) is 0 Å². The third-order valence-corrected chi connectivity index (χ3v) is 1.69. The SMILES string of the molecule is COC(=O)Cc1c[c]ccc1OC.